The van der Waals surface area contributed by atoms with Gasteiger partial charge in [0.05, 0.1) is 0 Å². The molecular weight excluding hydrogens is 346 g/mol. The number of nitrogens with one attached hydrogen (secondary N) is 2. The summed E-state index contributed by atoms with van der Waals surface area (Å²) in [6.45, 7) is 2.89. The number of likely N-dealkylation sites (tertiary alicyclic amines) is 1. The molecule has 0 radical (unpaired) electrons. The van der Waals surface area contributed by atoms with Crippen molar-refractivity contribution in [2.24, 2.45) is 0 Å². The maximum Gasteiger partial charge on any atom is 0.267 e. The van der Waals surface area contributed by atoms with Crippen molar-refractivity contribution in [1.29, 1.82) is 0 Å². The Bertz CT molecular complexity index is 906. The molecule has 1 fully saturated rings. The fraction of sp³-hybridized carbons (Fsp3) is 0.286. The molecule has 0 aliphatic carbocycles. The van der Waals surface area contributed by atoms with Crippen molar-refractivity contribution in [2.45, 2.75) is 25.4 Å². The van der Waals surface area contributed by atoms with Gasteiger partial charge < -0.3 is 10.3 Å². The Balaban J connectivity index is 1.40. The van der Waals surface area contributed by atoms with Gasteiger partial charge in [-0.05, 0) is 49.2 Å². The second-order valence-corrected chi connectivity index (χ2v) is 7.38. The summed E-state index contributed by atoms with van der Waals surface area (Å²) >= 11 is 6.03. The van der Waals surface area contributed by atoms with E-state index in [0.29, 0.717) is 10.7 Å². The highest BCUT2D eigenvalue weighted by atomic mass is 35.5. The zero-order valence-corrected chi connectivity index (χ0v) is 15.3. The van der Waals surface area contributed by atoms with Gasteiger partial charge in [0.25, 0.3) is 5.91 Å². The molecule has 0 spiro atoms. The van der Waals surface area contributed by atoms with Crippen LogP contribution in [0.15, 0.2) is 54.6 Å². The van der Waals surface area contributed by atoms with Crippen molar-refractivity contribution in [3.05, 3.63) is 70.9 Å². The Labute approximate surface area is 158 Å². The Hall–Kier alpha value is -2.30. The molecule has 5 heteroatoms. The minimum Gasteiger partial charge on any atom is -0.351 e. The Morgan fingerprint density at radius 1 is 1.19 bits per heavy atom. The zero-order valence-electron chi connectivity index (χ0n) is 14.5. The quantitative estimate of drug-likeness (QED) is 0.725. The van der Waals surface area contributed by atoms with Crippen molar-refractivity contribution in [1.82, 2.24) is 15.2 Å². The van der Waals surface area contributed by atoms with Gasteiger partial charge in [0.2, 0.25) is 0 Å². The van der Waals surface area contributed by atoms with E-state index in [1.165, 1.54) is 5.56 Å². The highest BCUT2D eigenvalue weighted by molar-refractivity contribution is 6.31. The van der Waals surface area contributed by atoms with Gasteiger partial charge in [-0.25, -0.2) is 0 Å². The number of carbonyl (C=O) groups excluding carboxylic acids is 1. The van der Waals surface area contributed by atoms with Crippen LogP contribution >= 0.6 is 11.6 Å². The highest BCUT2D eigenvalue weighted by Gasteiger charge is 2.22. The van der Waals surface area contributed by atoms with Crippen molar-refractivity contribution >= 4 is 28.4 Å². The predicted octanol–water partition coefficient (Wildman–Crippen LogP) is 4.22. The average Bonchev–Trinajstić information content (AvgIpc) is 3.06. The number of nitrogens with zero attached hydrogens (tertiary/aromatic N) is 1. The maximum atomic E-state index is 12.6. The largest absolute Gasteiger partial charge is 0.351 e. The number of amides is 1. The van der Waals surface area contributed by atoms with Crippen LogP contribution in [0.5, 0.6) is 0 Å². The number of carbonyl (C=O) groups is 1. The standard InChI is InChI=1S/C21H22ClN3O/c22-17-8-9-19-16(11-17)12-20(24-19)21(26)23-18-7-4-10-25(14-18)13-15-5-2-1-3-6-15/h1-3,5-6,8-9,11-12,18,24H,4,7,10,13-14H2,(H,23,26). The molecule has 4 nitrogen and oxygen atoms in total. The number of hydrogen-bond acceptors (Lipinski definition) is 2. The smallest absolute Gasteiger partial charge is 0.267 e. The fourth-order valence-corrected chi connectivity index (χ4v) is 3.83. The summed E-state index contributed by atoms with van der Waals surface area (Å²) in [5.41, 5.74) is 2.82. The minimum absolute atomic E-state index is 0.0520. The summed E-state index contributed by atoms with van der Waals surface area (Å²) in [6.07, 6.45) is 2.11. The van der Waals surface area contributed by atoms with Gasteiger partial charge in [0, 0.05) is 35.1 Å². The van der Waals surface area contributed by atoms with Gasteiger partial charge in [0.1, 0.15) is 5.69 Å². The molecule has 1 aliphatic heterocycles. The van der Waals surface area contributed by atoms with E-state index in [2.05, 4.69) is 39.5 Å². The maximum absolute atomic E-state index is 12.6. The first-order valence-corrected chi connectivity index (χ1v) is 9.40. The molecular formula is C21H22ClN3O. The first kappa shape index (κ1) is 17.1. The second kappa shape index (κ2) is 7.52. The molecule has 2 heterocycles. The van der Waals surface area contributed by atoms with Crippen LogP contribution in [0.1, 0.15) is 28.9 Å². The normalized spacial score (nSPS) is 18.1. The van der Waals surface area contributed by atoms with E-state index in [4.69, 9.17) is 11.6 Å². The van der Waals surface area contributed by atoms with Gasteiger partial charge in [0.15, 0.2) is 0 Å². The molecule has 1 amide bonds. The number of aromatic amines is 1. The molecule has 0 bridgehead atoms. The number of halogens is 1. The minimum atomic E-state index is -0.0520. The molecule has 1 aromatic heterocycles. The van der Waals surface area contributed by atoms with Crippen LogP contribution in [0.25, 0.3) is 10.9 Å². The summed E-state index contributed by atoms with van der Waals surface area (Å²) in [7, 11) is 0. The third-order valence-electron chi connectivity index (χ3n) is 4.92. The topological polar surface area (TPSA) is 48.1 Å². The third-order valence-corrected chi connectivity index (χ3v) is 5.15. The second-order valence-electron chi connectivity index (χ2n) is 6.95. The molecule has 2 aromatic carbocycles. The summed E-state index contributed by atoms with van der Waals surface area (Å²) in [5, 5.41) is 4.81. The summed E-state index contributed by atoms with van der Waals surface area (Å²) in [5.74, 6) is -0.0520. The molecule has 0 saturated carbocycles. The lowest BCUT2D eigenvalue weighted by atomic mass is 10.0. The SMILES string of the molecule is O=C(NC1CCCN(Cc2ccccc2)C1)c1cc2cc(Cl)ccc2[nH]1. The average molecular weight is 368 g/mol. The highest BCUT2D eigenvalue weighted by Crippen LogP contribution is 2.20. The van der Waals surface area contributed by atoms with Crippen LogP contribution in [0.2, 0.25) is 5.02 Å². The van der Waals surface area contributed by atoms with Gasteiger partial charge >= 0.3 is 0 Å². The van der Waals surface area contributed by atoms with Crippen molar-refractivity contribution in [3.8, 4) is 0 Å². The molecule has 134 valence electrons. The molecule has 26 heavy (non-hydrogen) atoms. The van der Waals surface area contributed by atoms with Crippen LogP contribution in [0.4, 0.5) is 0 Å². The monoisotopic (exact) mass is 367 g/mol. The van der Waals surface area contributed by atoms with E-state index < -0.39 is 0 Å². The fourth-order valence-electron chi connectivity index (χ4n) is 3.65. The number of benzene rings is 2. The first-order valence-electron chi connectivity index (χ1n) is 9.03. The molecule has 1 saturated heterocycles. The summed E-state index contributed by atoms with van der Waals surface area (Å²) < 4.78 is 0. The Kier molecular flexibility index (Phi) is 4.96. The van der Waals surface area contributed by atoms with Crippen LogP contribution < -0.4 is 5.32 Å². The van der Waals surface area contributed by atoms with Crippen LogP contribution in [-0.4, -0.2) is 34.9 Å². The molecule has 2 N–H and O–H groups in total. The first-order chi connectivity index (χ1) is 12.7. The van der Waals surface area contributed by atoms with Gasteiger partial charge in [-0.15, -0.1) is 0 Å². The Morgan fingerprint density at radius 2 is 2.04 bits per heavy atom. The molecule has 1 unspecified atom stereocenters. The van der Waals surface area contributed by atoms with E-state index >= 15 is 0 Å². The van der Waals surface area contributed by atoms with Crippen molar-refractivity contribution < 1.29 is 4.79 Å². The van der Waals surface area contributed by atoms with Gasteiger partial charge in [-0.2, -0.15) is 0 Å². The lowest BCUT2D eigenvalue weighted by molar-refractivity contribution is 0.0896. The van der Waals surface area contributed by atoms with Crippen LogP contribution in [-0.2, 0) is 6.54 Å². The number of piperidine rings is 1. The predicted molar refractivity (Wildman–Crippen MR) is 106 cm³/mol. The van der Waals surface area contributed by atoms with Gasteiger partial charge in [-0.3, -0.25) is 9.69 Å². The lowest BCUT2D eigenvalue weighted by Gasteiger charge is -2.33. The number of rotatable bonds is 4. The summed E-state index contributed by atoms with van der Waals surface area (Å²) in [4.78, 5) is 18.2. The summed E-state index contributed by atoms with van der Waals surface area (Å²) in [6, 6.07) is 18.1. The van der Waals surface area contributed by atoms with Crippen LogP contribution in [0, 0.1) is 0 Å². The van der Waals surface area contributed by atoms with Crippen molar-refractivity contribution in [3.63, 3.8) is 0 Å². The third kappa shape index (κ3) is 3.92. The van der Waals surface area contributed by atoms with Gasteiger partial charge in [-0.1, -0.05) is 41.9 Å². The van der Waals surface area contributed by atoms with E-state index in [1.54, 1.807) is 0 Å². The lowest BCUT2D eigenvalue weighted by Crippen LogP contribution is -2.47. The number of fused-ring (bicyclic) bond motifs is 1. The zero-order chi connectivity index (χ0) is 17.9. The number of hydrogen-bond donors (Lipinski definition) is 2. The molecule has 3 aromatic rings. The van der Waals surface area contributed by atoms with E-state index in [-0.39, 0.29) is 11.9 Å². The van der Waals surface area contributed by atoms with E-state index in [9.17, 15) is 4.79 Å². The van der Waals surface area contributed by atoms with Crippen molar-refractivity contribution in [2.75, 3.05) is 13.1 Å². The number of aromatic nitrogens is 1. The Morgan fingerprint density at radius 3 is 2.88 bits per heavy atom. The molecule has 1 aliphatic rings. The molecule has 1 atom stereocenters. The van der Waals surface area contributed by atoms with E-state index in [1.807, 2.05) is 30.3 Å². The van der Waals surface area contributed by atoms with E-state index in [0.717, 1.165) is 43.4 Å². The molecule has 4 rings (SSSR count). The van der Waals surface area contributed by atoms with Crippen LogP contribution in [0.3, 0.4) is 0 Å². The number of H-pyrrole nitrogens is 1.